The second kappa shape index (κ2) is 9.98. The number of aliphatic hydroxyl groups excluding tert-OH is 1. The van der Waals surface area contributed by atoms with E-state index in [1.165, 1.54) is 17.0 Å². The number of nitrogens with one attached hydrogen (secondary N) is 1. The number of carbonyl (C=O) groups is 1. The Labute approximate surface area is 202 Å². The summed E-state index contributed by atoms with van der Waals surface area (Å²) in [7, 11) is 3.31. The van der Waals surface area contributed by atoms with Gasteiger partial charge in [0.15, 0.2) is 5.82 Å². The summed E-state index contributed by atoms with van der Waals surface area (Å²) in [6.07, 6.45) is 3.52. The van der Waals surface area contributed by atoms with Gasteiger partial charge in [-0.15, -0.1) is 10.2 Å². The van der Waals surface area contributed by atoms with Gasteiger partial charge in [-0.05, 0) is 55.3 Å². The molecule has 0 aliphatic rings. The van der Waals surface area contributed by atoms with Crippen LogP contribution in [0.15, 0.2) is 55.0 Å². The van der Waals surface area contributed by atoms with E-state index >= 15 is 0 Å². The normalized spacial score (nSPS) is 11.8. The highest BCUT2D eigenvalue weighted by molar-refractivity contribution is 5.85. The molecule has 0 bridgehead atoms. The first kappa shape index (κ1) is 24.0. The van der Waals surface area contributed by atoms with Crippen LogP contribution in [0, 0.1) is 19.7 Å². The Morgan fingerprint density at radius 3 is 2.46 bits per heavy atom. The molecule has 9 nitrogen and oxygen atoms in total. The minimum Gasteiger partial charge on any atom is -0.390 e. The molecule has 1 amide bonds. The van der Waals surface area contributed by atoms with E-state index < -0.39 is 6.04 Å². The third kappa shape index (κ3) is 5.17. The van der Waals surface area contributed by atoms with Crippen LogP contribution in [-0.4, -0.2) is 54.7 Å². The van der Waals surface area contributed by atoms with Gasteiger partial charge in [-0.1, -0.05) is 12.1 Å². The smallest absolute Gasteiger partial charge is 0.249 e. The van der Waals surface area contributed by atoms with Gasteiger partial charge in [0, 0.05) is 20.3 Å². The van der Waals surface area contributed by atoms with E-state index in [0.29, 0.717) is 28.5 Å². The number of aromatic nitrogens is 5. The van der Waals surface area contributed by atoms with Gasteiger partial charge in [0.2, 0.25) is 5.91 Å². The van der Waals surface area contributed by atoms with Crippen LogP contribution >= 0.6 is 0 Å². The van der Waals surface area contributed by atoms with Gasteiger partial charge in [0.25, 0.3) is 0 Å². The fourth-order valence-corrected chi connectivity index (χ4v) is 3.63. The summed E-state index contributed by atoms with van der Waals surface area (Å²) >= 11 is 0. The van der Waals surface area contributed by atoms with Crippen LogP contribution in [-0.2, 0) is 11.4 Å². The molecule has 2 N–H and O–H groups in total. The van der Waals surface area contributed by atoms with Gasteiger partial charge < -0.3 is 19.9 Å². The number of aliphatic hydroxyl groups is 1. The highest BCUT2D eigenvalue weighted by Crippen LogP contribution is 2.26. The van der Waals surface area contributed by atoms with Gasteiger partial charge in [-0.25, -0.2) is 14.4 Å². The number of rotatable bonds is 7. The number of anilines is 1. The van der Waals surface area contributed by atoms with Crippen molar-refractivity contribution in [3.8, 4) is 17.1 Å². The predicted molar refractivity (Wildman–Crippen MR) is 129 cm³/mol. The molecule has 3 heterocycles. The van der Waals surface area contributed by atoms with E-state index in [4.69, 9.17) is 0 Å². The van der Waals surface area contributed by atoms with Crippen LogP contribution in [0.1, 0.15) is 28.6 Å². The molecule has 0 fully saturated rings. The lowest BCUT2D eigenvalue weighted by Gasteiger charge is -2.23. The topological polar surface area (TPSA) is 109 Å². The molecule has 0 aliphatic carbocycles. The van der Waals surface area contributed by atoms with E-state index in [0.717, 1.165) is 16.9 Å². The molecular formula is C25H26FN7O2. The van der Waals surface area contributed by atoms with E-state index in [1.54, 1.807) is 43.2 Å². The van der Waals surface area contributed by atoms with Crippen LogP contribution in [0.25, 0.3) is 17.1 Å². The van der Waals surface area contributed by atoms with Gasteiger partial charge in [0.1, 0.15) is 17.6 Å². The Bertz CT molecular complexity index is 1350. The highest BCUT2D eigenvalue weighted by Gasteiger charge is 2.24. The Kier molecular flexibility index (Phi) is 6.83. The number of amides is 1. The molecule has 0 aliphatic heterocycles. The SMILES string of the molecule is Cc1cn(-c2ccc(-c3cc(C)c(N[C@@H](C(=O)N(C)C)c4ccc(F)cc4)nn3)nc2CO)cn1. The van der Waals surface area contributed by atoms with Gasteiger partial charge >= 0.3 is 0 Å². The fourth-order valence-electron chi connectivity index (χ4n) is 3.63. The summed E-state index contributed by atoms with van der Waals surface area (Å²) in [5.74, 6) is -0.165. The Hall–Kier alpha value is -4.18. The van der Waals surface area contributed by atoms with Crippen molar-refractivity contribution in [3.05, 3.63) is 83.3 Å². The summed E-state index contributed by atoms with van der Waals surface area (Å²) in [5, 5.41) is 21.6. The van der Waals surface area contributed by atoms with E-state index in [1.807, 2.05) is 32.2 Å². The molecule has 4 aromatic rings. The maximum atomic E-state index is 13.4. The van der Waals surface area contributed by atoms with E-state index in [9.17, 15) is 14.3 Å². The van der Waals surface area contributed by atoms with Gasteiger partial charge in [0.05, 0.1) is 35.7 Å². The lowest BCUT2D eigenvalue weighted by atomic mass is 10.1. The number of aryl methyl sites for hydroxylation is 2. The third-order valence-corrected chi connectivity index (χ3v) is 5.51. The van der Waals surface area contributed by atoms with E-state index in [2.05, 4.69) is 25.5 Å². The number of hydrogen-bond donors (Lipinski definition) is 2. The predicted octanol–water partition coefficient (Wildman–Crippen LogP) is 3.21. The number of pyridine rings is 1. The molecule has 0 radical (unpaired) electrons. The van der Waals surface area contributed by atoms with Crippen molar-refractivity contribution >= 4 is 11.7 Å². The summed E-state index contributed by atoms with van der Waals surface area (Å²) in [5.41, 5.74) is 4.49. The molecule has 0 unspecified atom stereocenters. The zero-order valence-corrected chi connectivity index (χ0v) is 19.9. The lowest BCUT2D eigenvalue weighted by molar-refractivity contribution is -0.129. The summed E-state index contributed by atoms with van der Waals surface area (Å²) in [6.45, 7) is 3.48. The molecule has 35 heavy (non-hydrogen) atoms. The molecule has 3 aromatic heterocycles. The second-order valence-corrected chi connectivity index (χ2v) is 8.37. The van der Waals surface area contributed by atoms with Crippen LogP contribution in [0.2, 0.25) is 0 Å². The minimum atomic E-state index is -0.763. The summed E-state index contributed by atoms with van der Waals surface area (Å²) in [6, 6.07) is 10.4. The third-order valence-electron chi connectivity index (χ3n) is 5.51. The van der Waals surface area contributed by atoms with Crippen molar-refractivity contribution in [1.29, 1.82) is 0 Å². The Morgan fingerprint density at radius 2 is 1.86 bits per heavy atom. The first-order valence-electron chi connectivity index (χ1n) is 11.0. The van der Waals surface area contributed by atoms with Crippen molar-refractivity contribution in [2.45, 2.75) is 26.5 Å². The van der Waals surface area contributed by atoms with Gasteiger partial charge in [-0.2, -0.15) is 0 Å². The van der Waals surface area contributed by atoms with Crippen LogP contribution < -0.4 is 5.32 Å². The van der Waals surface area contributed by atoms with Crippen molar-refractivity contribution in [2.24, 2.45) is 0 Å². The summed E-state index contributed by atoms with van der Waals surface area (Å²) in [4.78, 5) is 23.1. The maximum absolute atomic E-state index is 13.4. The molecular weight excluding hydrogens is 449 g/mol. The van der Waals surface area contributed by atoms with Crippen molar-refractivity contribution in [2.75, 3.05) is 19.4 Å². The Balaban J connectivity index is 1.63. The average Bonchev–Trinajstić information content (AvgIpc) is 3.29. The number of imidazole rings is 1. The quantitative estimate of drug-likeness (QED) is 0.422. The van der Waals surface area contributed by atoms with Crippen molar-refractivity contribution < 1.29 is 14.3 Å². The Morgan fingerprint density at radius 1 is 1.11 bits per heavy atom. The maximum Gasteiger partial charge on any atom is 0.249 e. The molecule has 4 rings (SSSR count). The molecule has 10 heteroatoms. The summed E-state index contributed by atoms with van der Waals surface area (Å²) < 4.78 is 15.2. The number of benzene rings is 1. The highest BCUT2D eigenvalue weighted by atomic mass is 19.1. The molecule has 0 saturated heterocycles. The zero-order chi connectivity index (χ0) is 25.1. The minimum absolute atomic E-state index is 0.207. The molecule has 180 valence electrons. The number of halogens is 1. The van der Waals surface area contributed by atoms with Crippen LogP contribution in [0.5, 0.6) is 0 Å². The zero-order valence-electron chi connectivity index (χ0n) is 19.9. The number of likely N-dealkylation sites (N-methyl/N-ethyl adjacent to an activating group) is 1. The largest absolute Gasteiger partial charge is 0.390 e. The van der Waals surface area contributed by atoms with Crippen LogP contribution in [0.3, 0.4) is 0 Å². The van der Waals surface area contributed by atoms with Crippen LogP contribution in [0.4, 0.5) is 10.2 Å². The lowest BCUT2D eigenvalue weighted by Crippen LogP contribution is -2.33. The van der Waals surface area contributed by atoms with Crippen molar-refractivity contribution in [1.82, 2.24) is 29.6 Å². The first-order valence-corrected chi connectivity index (χ1v) is 11.0. The van der Waals surface area contributed by atoms with Gasteiger partial charge in [-0.3, -0.25) is 4.79 Å². The van der Waals surface area contributed by atoms with E-state index in [-0.39, 0.29) is 18.3 Å². The molecule has 1 aromatic carbocycles. The monoisotopic (exact) mass is 475 g/mol. The second-order valence-electron chi connectivity index (χ2n) is 8.37. The standard InChI is InChI=1S/C25H26FN7O2/c1-15-11-20(19-9-10-22(21(13-34)28-19)33-12-16(2)27-14-33)30-31-24(15)29-23(25(35)32(3)4)17-5-7-18(26)8-6-17/h5-12,14,23,34H,13H2,1-4H3,(H,29,31)/t23-/m1/s1. The average molecular weight is 476 g/mol. The molecule has 0 spiro atoms. The fraction of sp³-hybridized carbons (Fsp3) is 0.240. The van der Waals surface area contributed by atoms with Crippen molar-refractivity contribution in [3.63, 3.8) is 0 Å². The molecule has 0 saturated carbocycles. The number of nitrogens with zero attached hydrogens (tertiary/aromatic N) is 6. The number of hydrogen-bond acceptors (Lipinski definition) is 7. The number of carbonyl (C=O) groups excluding carboxylic acids is 1. The first-order chi connectivity index (χ1) is 16.8. The molecule has 1 atom stereocenters.